The smallest absolute Gasteiger partial charge is 0.0380 e. The van der Waals surface area contributed by atoms with Gasteiger partial charge in [0.15, 0.2) is 0 Å². The maximum atomic E-state index is 2.38. The summed E-state index contributed by atoms with van der Waals surface area (Å²) in [4.78, 5) is 0. The predicted octanol–water partition coefficient (Wildman–Crippen LogP) is 6.69. The van der Waals surface area contributed by atoms with Crippen LogP contribution in [0.2, 0.25) is 0 Å². The molecule has 0 saturated heterocycles. The minimum atomic E-state index is 0.473. The van der Waals surface area contributed by atoms with Gasteiger partial charge in [-0.15, -0.1) is 0 Å². The van der Waals surface area contributed by atoms with E-state index in [1.165, 1.54) is 32.1 Å². The second-order valence-corrected chi connectivity index (χ2v) is 9.83. The van der Waals surface area contributed by atoms with E-state index in [-0.39, 0.29) is 0 Å². The van der Waals surface area contributed by atoms with Gasteiger partial charge in [0.1, 0.15) is 0 Å². The lowest BCUT2D eigenvalue weighted by molar-refractivity contribution is 0.215. The third-order valence-electron chi connectivity index (χ3n) is 3.51. The molecule has 0 aromatic carbocycles. The Labute approximate surface area is 117 Å². The van der Waals surface area contributed by atoms with Crippen LogP contribution in [0.25, 0.3) is 0 Å². The van der Waals surface area contributed by atoms with Gasteiger partial charge in [0, 0.05) is 0 Å². The molecule has 0 aliphatic carbocycles. The lowest BCUT2D eigenvalue weighted by Crippen LogP contribution is -2.18. The first-order valence-electron chi connectivity index (χ1n) is 7.79. The van der Waals surface area contributed by atoms with Crippen molar-refractivity contribution in [2.75, 3.05) is 0 Å². The van der Waals surface area contributed by atoms with Gasteiger partial charge in [0.05, 0.1) is 0 Å². The lowest BCUT2D eigenvalue weighted by Gasteiger charge is -2.30. The standard InChI is InChI=1S/C18H38/c1-16(2,3)12-10-15(14-18(7,8)9)11-13-17(4,5)6/h15H,10-14H2,1-9H3. The van der Waals surface area contributed by atoms with Crippen LogP contribution in [0.5, 0.6) is 0 Å². The Bertz CT molecular complexity index is 198. The van der Waals surface area contributed by atoms with Crippen molar-refractivity contribution in [1.29, 1.82) is 0 Å². The summed E-state index contributed by atoms with van der Waals surface area (Å²) in [6.07, 6.45) is 6.89. The minimum Gasteiger partial charge on any atom is -0.0602 e. The highest BCUT2D eigenvalue weighted by Gasteiger charge is 2.22. The van der Waals surface area contributed by atoms with Crippen LogP contribution in [0.1, 0.15) is 94.4 Å². The average molecular weight is 255 g/mol. The number of hydrogen-bond acceptors (Lipinski definition) is 0. The molecule has 0 heterocycles. The fraction of sp³-hybridized carbons (Fsp3) is 1.00. The van der Waals surface area contributed by atoms with Gasteiger partial charge >= 0.3 is 0 Å². The van der Waals surface area contributed by atoms with Crippen molar-refractivity contribution >= 4 is 0 Å². The summed E-state index contributed by atoms with van der Waals surface area (Å²) in [5.41, 5.74) is 1.44. The van der Waals surface area contributed by atoms with Crippen LogP contribution in [0.3, 0.4) is 0 Å². The van der Waals surface area contributed by atoms with Crippen molar-refractivity contribution in [3.05, 3.63) is 0 Å². The minimum absolute atomic E-state index is 0.473. The van der Waals surface area contributed by atoms with Crippen molar-refractivity contribution in [2.24, 2.45) is 22.2 Å². The topological polar surface area (TPSA) is 0 Å². The van der Waals surface area contributed by atoms with Crippen LogP contribution >= 0.6 is 0 Å². The zero-order valence-electron chi connectivity index (χ0n) is 14.6. The first-order valence-corrected chi connectivity index (χ1v) is 7.79. The van der Waals surface area contributed by atoms with Crippen LogP contribution in [-0.2, 0) is 0 Å². The largest absolute Gasteiger partial charge is 0.0602 e. The number of hydrogen-bond donors (Lipinski definition) is 0. The molecule has 0 heteroatoms. The summed E-state index contributed by atoms with van der Waals surface area (Å²) in [5, 5.41) is 0. The van der Waals surface area contributed by atoms with E-state index in [9.17, 15) is 0 Å². The van der Waals surface area contributed by atoms with Crippen molar-refractivity contribution in [1.82, 2.24) is 0 Å². The van der Waals surface area contributed by atoms with E-state index in [0.29, 0.717) is 16.2 Å². The van der Waals surface area contributed by atoms with Gasteiger partial charge in [0.2, 0.25) is 0 Å². The van der Waals surface area contributed by atoms with Gasteiger partial charge < -0.3 is 0 Å². The molecule has 0 fully saturated rings. The van der Waals surface area contributed by atoms with E-state index in [0.717, 1.165) is 5.92 Å². The molecule has 0 bridgehead atoms. The Balaban J connectivity index is 4.35. The maximum absolute atomic E-state index is 2.38. The van der Waals surface area contributed by atoms with Crippen LogP contribution in [0.4, 0.5) is 0 Å². The molecule has 110 valence electrons. The molecule has 0 aliphatic rings. The van der Waals surface area contributed by atoms with Gasteiger partial charge in [-0.25, -0.2) is 0 Å². The first-order chi connectivity index (χ1) is 7.79. The molecule has 0 unspecified atom stereocenters. The summed E-state index contributed by atoms with van der Waals surface area (Å²) in [5.74, 6) is 0.906. The molecule has 0 amide bonds. The summed E-state index contributed by atoms with van der Waals surface area (Å²) in [7, 11) is 0. The summed E-state index contributed by atoms with van der Waals surface area (Å²) in [6, 6.07) is 0. The predicted molar refractivity (Wildman–Crippen MR) is 84.9 cm³/mol. The van der Waals surface area contributed by atoms with Gasteiger partial charge in [-0.05, 0) is 54.3 Å². The summed E-state index contributed by atoms with van der Waals surface area (Å²) >= 11 is 0. The fourth-order valence-corrected chi connectivity index (χ4v) is 2.49. The van der Waals surface area contributed by atoms with Crippen molar-refractivity contribution in [2.45, 2.75) is 94.4 Å². The van der Waals surface area contributed by atoms with Gasteiger partial charge in [-0.2, -0.15) is 0 Å². The van der Waals surface area contributed by atoms with Crippen LogP contribution in [0.15, 0.2) is 0 Å². The Morgan fingerprint density at radius 2 is 0.889 bits per heavy atom. The third kappa shape index (κ3) is 12.5. The Morgan fingerprint density at radius 3 is 1.11 bits per heavy atom. The molecule has 0 atom stereocenters. The van der Waals surface area contributed by atoms with E-state index in [4.69, 9.17) is 0 Å². The van der Waals surface area contributed by atoms with E-state index >= 15 is 0 Å². The SMILES string of the molecule is CC(C)(C)CCC(CCC(C)(C)C)CC(C)(C)C. The van der Waals surface area contributed by atoms with Gasteiger partial charge in [0.25, 0.3) is 0 Å². The molecule has 0 radical (unpaired) electrons. The van der Waals surface area contributed by atoms with Crippen LogP contribution < -0.4 is 0 Å². The normalized spacial score (nSPS) is 14.3. The molecule has 18 heavy (non-hydrogen) atoms. The van der Waals surface area contributed by atoms with E-state index in [2.05, 4.69) is 62.3 Å². The quantitative estimate of drug-likeness (QED) is 0.512. The molecule has 0 aliphatic heterocycles. The van der Waals surface area contributed by atoms with Crippen molar-refractivity contribution in [3.63, 3.8) is 0 Å². The average Bonchev–Trinajstić information content (AvgIpc) is 2.05. The molecule has 0 spiro atoms. The van der Waals surface area contributed by atoms with Crippen molar-refractivity contribution < 1.29 is 0 Å². The van der Waals surface area contributed by atoms with Crippen LogP contribution in [0, 0.1) is 22.2 Å². The Morgan fingerprint density at radius 1 is 0.556 bits per heavy atom. The molecular formula is C18H38. The summed E-state index contributed by atoms with van der Waals surface area (Å²) in [6.45, 7) is 21.3. The molecular weight excluding hydrogens is 216 g/mol. The molecule has 0 N–H and O–H groups in total. The molecule has 0 nitrogen and oxygen atoms in total. The second-order valence-electron chi connectivity index (χ2n) is 9.83. The second kappa shape index (κ2) is 6.44. The van der Waals surface area contributed by atoms with Gasteiger partial charge in [-0.3, -0.25) is 0 Å². The van der Waals surface area contributed by atoms with E-state index < -0.39 is 0 Å². The van der Waals surface area contributed by atoms with Gasteiger partial charge in [-0.1, -0.05) is 62.3 Å². The molecule has 0 rings (SSSR count). The Kier molecular flexibility index (Phi) is 6.44. The van der Waals surface area contributed by atoms with E-state index in [1.54, 1.807) is 0 Å². The van der Waals surface area contributed by atoms with Crippen LogP contribution in [-0.4, -0.2) is 0 Å². The van der Waals surface area contributed by atoms with Crippen molar-refractivity contribution in [3.8, 4) is 0 Å². The summed E-state index contributed by atoms with van der Waals surface area (Å²) < 4.78 is 0. The van der Waals surface area contributed by atoms with E-state index in [1.807, 2.05) is 0 Å². The fourth-order valence-electron chi connectivity index (χ4n) is 2.49. The maximum Gasteiger partial charge on any atom is -0.0380 e. The highest BCUT2D eigenvalue weighted by molar-refractivity contribution is 4.74. The monoisotopic (exact) mass is 254 g/mol. The lowest BCUT2D eigenvalue weighted by atomic mass is 9.75. The highest BCUT2D eigenvalue weighted by atomic mass is 14.3. The Hall–Kier alpha value is 0. The first kappa shape index (κ1) is 18.0. The number of rotatable bonds is 5. The molecule has 0 aromatic heterocycles. The zero-order valence-corrected chi connectivity index (χ0v) is 14.6. The zero-order chi connectivity index (χ0) is 14.6. The highest BCUT2D eigenvalue weighted by Crippen LogP contribution is 2.35. The third-order valence-corrected chi connectivity index (χ3v) is 3.51. The molecule has 0 saturated carbocycles. The molecule has 0 aromatic rings.